The Morgan fingerprint density at radius 3 is 2.81 bits per heavy atom. The predicted molar refractivity (Wildman–Crippen MR) is 62.0 cm³/mol. The monoisotopic (exact) mass is 219 g/mol. The summed E-state index contributed by atoms with van der Waals surface area (Å²) in [6.07, 6.45) is 4.70. The van der Waals surface area contributed by atoms with E-state index in [1.165, 1.54) is 12.8 Å². The van der Waals surface area contributed by atoms with Crippen molar-refractivity contribution in [2.24, 2.45) is 0 Å². The molecule has 1 aromatic carbocycles. The Kier molecular flexibility index (Phi) is 3.57. The third kappa shape index (κ3) is 2.83. The van der Waals surface area contributed by atoms with Crippen LogP contribution in [0.4, 0.5) is 0 Å². The molecule has 0 bridgehead atoms. The average Bonchev–Trinajstić information content (AvgIpc) is 2.78. The lowest BCUT2D eigenvalue weighted by Gasteiger charge is -2.11. The molecule has 16 heavy (non-hydrogen) atoms. The molecule has 0 unspecified atom stereocenters. The quantitative estimate of drug-likeness (QED) is 0.793. The Balaban J connectivity index is 1.87. The van der Waals surface area contributed by atoms with Crippen LogP contribution in [-0.2, 0) is 4.84 Å². The first-order chi connectivity index (χ1) is 7.75. The van der Waals surface area contributed by atoms with Gasteiger partial charge in [0.2, 0.25) is 0 Å². The van der Waals surface area contributed by atoms with E-state index in [0.717, 1.165) is 18.4 Å². The van der Waals surface area contributed by atoms with Crippen LogP contribution in [0.2, 0.25) is 0 Å². The molecule has 1 saturated carbocycles. The molecule has 1 aromatic rings. The molecule has 1 N–H and O–H groups in total. The molecule has 1 fully saturated rings. The first-order valence-electron chi connectivity index (χ1n) is 5.78. The van der Waals surface area contributed by atoms with Crippen molar-refractivity contribution in [3.63, 3.8) is 0 Å². The maximum Gasteiger partial charge on any atom is 0.274 e. The molecule has 0 saturated heterocycles. The molecule has 0 heterocycles. The molecular formula is C13H17NO2. The number of amides is 1. The van der Waals surface area contributed by atoms with Crippen LogP contribution in [0.15, 0.2) is 24.3 Å². The SMILES string of the molecule is Cc1cccc(C(=O)NOC2CCCC2)c1. The van der Waals surface area contributed by atoms with Gasteiger partial charge in [-0.25, -0.2) is 5.48 Å². The number of benzene rings is 1. The fourth-order valence-electron chi connectivity index (χ4n) is 1.99. The second-order valence-electron chi connectivity index (χ2n) is 4.32. The van der Waals surface area contributed by atoms with E-state index in [1.807, 2.05) is 25.1 Å². The molecule has 3 heteroatoms. The summed E-state index contributed by atoms with van der Waals surface area (Å²) >= 11 is 0. The molecule has 2 rings (SSSR count). The minimum absolute atomic E-state index is 0.157. The fourth-order valence-corrected chi connectivity index (χ4v) is 1.99. The van der Waals surface area contributed by atoms with Gasteiger partial charge in [0.15, 0.2) is 0 Å². The second kappa shape index (κ2) is 5.12. The van der Waals surface area contributed by atoms with Gasteiger partial charge < -0.3 is 0 Å². The number of carbonyl (C=O) groups excluding carboxylic acids is 1. The van der Waals surface area contributed by atoms with Crippen molar-refractivity contribution in [1.82, 2.24) is 5.48 Å². The number of rotatable bonds is 3. The summed E-state index contributed by atoms with van der Waals surface area (Å²) in [7, 11) is 0. The lowest BCUT2D eigenvalue weighted by atomic mass is 10.1. The largest absolute Gasteiger partial charge is 0.274 e. The van der Waals surface area contributed by atoms with E-state index in [0.29, 0.717) is 5.56 Å². The first kappa shape index (κ1) is 11.1. The summed E-state index contributed by atoms with van der Waals surface area (Å²) in [6.45, 7) is 1.97. The van der Waals surface area contributed by atoms with Gasteiger partial charge in [0, 0.05) is 5.56 Å². The standard InChI is InChI=1S/C13H17NO2/c1-10-5-4-6-11(9-10)13(15)14-16-12-7-2-3-8-12/h4-6,9,12H,2-3,7-8H2,1H3,(H,14,15). The molecular weight excluding hydrogens is 202 g/mol. The Hall–Kier alpha value is -1.35. The van der Waals surface area contributed by atoms with Gasteiger partial charge in [0.1, 0.15) is 0 Å². The molecule has 0 aromatic heterocycles. The van der Waals surface area contributed by atoms with E-state index in [1.54, 1.807) is 6.07 Å². The summed E-state index contributed by atoms with van der Waals surface area (Å²) < 4.78 is 0. The summed E-state index contributed by atoms with van der Waals surface area (Å²) in [4.78, 5) is 17.1. The van der Waals surface area contributed by atoms with Crippen molar-refractivity contribution in [2.45, 2.75) is 38.7 Å². The van der Waals surface area contributed by atoms with Gasteiger partial charge in [-0.1, -0.05) is 30.5 Å². The predicted octanol–water partition coefficient (Wildman–Crippen LogP) is 2.60. The highest BCUT2D eigenvalue weighted by Crippen LogP contribution is 2.20. The van der Waals surface area contributed by atoms with Crippen LogP contribution >= 0.6 is 0 Å². The molecule has 0 radical (unpaired) electrons. The number of aryl methyl sites for hydroxylation is 1. The molecule has 0 aliphatic heterocycles. The lowest BCUT2D eigenvalue weighted by Crippen LogP contribution is -2.28. The molecule has 1 aliphatic rings. The summed E-state index contributed by atoms with van der Waals surface area (Å²) in [6, 6.07) is 7.49. The molecule has 1 aliphatic carbocycles. The van der Waals surface area contributed by atoms with E-state index in [9.17, 15) is 4.79 Å². The second-order valence-corrected chi connectivity index (χ2v) is 4.32. The van der Waals surface area contributed by atoms with E-state index in [2.05, 4.69) is 5.48 Å². The van der Waals surface area contributed by atoms with Gasteiger partial charge in [-0.15, -0.1) is 0 Å². The normalized spacial score (nSPS) is 16.3. The van der Waals surface area contributed by atoms with Crippen molar-refractivity contribution >= 4 is 5.91 Å². The summed E-state index contributed by atoms with van der Waals surface area (Å²) in [5, 5.41) is 0. The number of carbonyl (C=O) groups is 1. The molecule has 0 spiro atoms. The average molecular weight is 219 g/mol. The van der Waals surface area contributed by atoms with Crippen molar-refractivity contribution in [3.05, 3.63) is 35.4 Å². The van der Waals surface area contributed by atoms with E-state index in [-0.39, 0.29) is 12.0 Å². The van der Waals surface area contributed by atoms with Crippen molar-refractivity contribution in [2.75, 3.05) is 0 Å². The van der Waals surface area contributed by atoms with Crippen LogP contribution < -0.4 is 5.48 Å². The van der Waals surface area contributed by atoms with Gasteiger partial charge in [-0.2, -0.15) is 0 Å². The zero-order valence-corrected chi connectivity index (χ0v) is 9.53. The smallest absolute Gasteiger partial charge is 0.270 e. The van der Waals surface area contributed by atoms with Gasteiger partial charge in [0.25, 0.3) is 5.91 Å². The highest BCUT2D eigenvalue weighted by Gasteiger charge is 2.17. The third-order valence-corrected chi connectivity index (χ3v) is 2.90. The van der Waals surface area contributed by atoms with E-state index in [4.69, 9.17) is 4.84 Å². The van der Waals surface area contributed by atoms with Gasteiger partial charge in [-0.05, 0) is 31.9 Å². The molecule has 86 valence electrons. The topological polar surface area (TPSA) is 38.3 Å². The Morgan fingerprint density at radius 1 is 1.38 bits per heavy atom. The zero-order valence-electron chi connectivity index (χ0n) is 9.53. The summed E-state index contributed by atoms with van der Waals surface area (Å²) in [5.41, 5.74) is 4.26. The minimum Gasteiger partial charge on any atom is -0.270 e. The lowest BCUT2D eigenvalue weighted by molar-refractivity contribution is -0.0124. The van der Waals surface area contributed by atoms with Crippen LogP contribution in [0.5, 0.6) is 0 Å². The van der Waals surface area contributed by atoms with Crippen molar-refractivity contribution in [3.8, 4) is 0 Å². The number of hydrogen-bond donors (Lipinski definition) is 1. The van der Waals surface area contributed by atoms with Crippen LogP contribution in [0, 0.1) is 6.92 Å². The maximum atomic E-state index is 11.7. The first-order valence-corrected chi connectivity index (χ1v) is 5.78. The van der Waals surface area contributed by atoms with Crippen LogP contribution in [0.3, 0.4) is 0 Å². The van der Waals surface area contributed by atoms with Gasteiger partial charge >= 0.3 is 0 Å². The number of nitrogens with one attached hydrogen (secondary N) is 1. The van der Waals surface area contributed by atoms with Crippen LogP contribution in [-0.4, -0.2) is 12.0 Å². The maximum absolute atomic E-state index is 11.7. The van der Waals surface area contributed by atoms with Crippen molar-refractivity contribution < 1.29 is 9.63 Å². The Labute approximate surface area is 95.8 Å². The van der Waals surface area contributed by atoms with E-state index < -0.39 is 0 Å². The van der Waals surface area contributed by atoms with E-state index >= 15 is 0 Å². The van der Waals surface area contributed by atoms with Gasteiger partial charge in [-0.3, -0.25) is 9.63 Å². The van der Waals surface area contributed by atoms with Gasteiger partial charge in [0.05, 0.1) is 6.10 Å². The fraction of sp³-hybridized carbons (Fsp3) is 0.462. The van der Waals surface area contributed by atoms with Crippen LogP contribution in [0.1, 0.15) is 41.6 Å². The molecule has 1 amide bonds. The highest BCUT2D eigenvalue weighted by molar-refractivity contribution is 5.93. The highest BCUT2D eigenvalue weighted by atomic mass is 16.7. The molecule has 0 atom stereocenters. The molecule has 3 nitrogen and oxygen atoms in total. The Bertz CT molecular complexity index is 370. The third-order valence-electron chi connectivity index (χ3n) is 2.90. The Morgan fingerprint density at radius 2 is 2.12 bits per heavy atom. The summed E-state index contributed by atoms with van der Waals surface area (Å²) in [5.74, 6) is -0.157. The number of hydrogen-bond acceptors (Lipinski definition) is 2. The van der Waals surface area contributed by atoms with Crippen LogP contribution in [0.25, 0.3) is 0 Å². The minimum atomic E-state index is -0.157. The zero-order chi connectivity index (χ0) is 11.4. The number of hydroxylamine groups is 1. The van der Waals surface area contributed by atoms with Crippen molar-refractivity contribution in [1.29, 1.82) is 0 Å².